The van der Waals surface area contributed by atoms with Crippen LogP contribution in [0, 0.1) is 6.92 Å². The summed E-state index contributed by atoms with van der Waals surface area (Å²) in [5.74, 6) is -0.160. The maximum Gasteiger partial charge on any atom is 0.416 e. The van der Waals surface area contributed by atoms with E-state index in [9.17, 15) is 22.8 Å². The summed E-state index contributed by atoms with van der Waals surface area (Å²) in [5, 5.41) is 8.51. The molecule has 0 aliphatic rings. The molecule has 2 aromatic heterocycles. The van der Waals surface area contributed by atoms with E-state index < -0.39 is 17.6 Å². The third kappa shape index (κ3) is 8.29. The van der Waals surface area contributed by atoms with Gasteiger partial charge in [-0.1, -0.05) is 17.7 Å². The Morgan fingerprint density at radius 3 is 2.32 bits per heavy atom. The van der Waals surface area contributed by atoms with Crippen molar-refractivity contribution in [3.63, 3.8) is 0 Å². The van der Waals surface area contributed by atoms with Gasteiger partial charge in [-0.3, -0.25) is 14.6 Å². The fourth-order valence-corrected chi connectivity index (χ4v) is 2.98. The minimum atomic E-state index is -4.48. The molecule has 4 rings (SSSR count). The van der Waals surface area contributed by atoms with Crippen LogP contribution in [-0.2, 0) is 11.0 Å². The van der Waals surface area contributed by atoms with Crippen LogP contribution in [0.5, 0.6) is 0 Å². The molecule has 0 bridgehead atoms. The second-order valence-electron chi connectivity index (χ2n) is 7.42. The molecule has 2 aromatic carbocycles. The van der Waals surface area contributed by atoms with Gasteiger partial charge < -0.3 is 16.0 Å². The van der Waals surface area contributed by atoms with Crippen LogP contribution in [0.15, 0.2) is 79.4 Å². The van der Waals surface area contributed by atoms with Crippen molar-refractivity contribution in [2.45, 2.75) is 13.1 Å². The van der Waals surface area contributed by atoms with Crippen LogP contribution >= 0.6 is 11.6 Å². The zero-order chi connectivity index (χ0) is 26.8. The minimum absolute atomic E-state index is 0.0579. The molecule has 0 saturated heterocycles. The number of anilines is 4. The zero-order valence-electron chi connectivity index (χ0n) is 19.3. The molecule has 3 N–H and O–H groups in total. The quantitative estimate of drug-likeness (QED) is 0.261. The summed E-state index contributed by atoms with van der Waals surface area (Å²) >= 11 is 5.87. The Bertz CT molecular complexity index is 1350. The number of carbonyl (C=O) groups is 2. The zero-order valence-corrected chi connectivity index (χ0v) is 20.0. The van der Waals surface area contributed by atoms with E-state index in [-0.39, 0.29) is 5.56 Å². The highest BCUT2D eigenvalue weighted by molar-refractivity contribution is 6.31. The monoisotopic (exact) mass is 528 g/mol. The highest BCUT2D eigenvalue weighted by Crippen LogP contribution is 2.29. The molecule has 2 heterocycles. The van der Waals surface area contributed by atoms with E-state index in [1.807, 2.05) is 12.1 Å². The van der Waals surface area contributed by atoms with E-state index in [1.54, 1.807) is 37.5 Å². The number of nitrogens with zero attached hydrogens (tertiary/aromatic N) is 3. The summed E-state index contributed by atoms with van der Waals surface area (Å²) in [6.07, 6.45) is 2.48. The van der Waals surface area contributed by atoms with E-state index in [0.29, 0.717) is 28.8 Å². The first-order chi connectivity index (χ1) is 17.7. The Morgan fingerprint density at radius 2 is 1.70 bits per heavy atom. The molecule has 12 heteroatoms. The van der Waals surface area contributed by atoms with Crippen LogP contribution in [0.1, 0.15) is 21.5 Å². The normalized spacial score (nSPS) is 10.5. The summed E-state index contributed by atoms with van der Waals surface area (Å²) < 4.78 is 37.8. The van der Waals surface area contributed by atoms with Crippen molar-refractivity contribution in [2.24, 2.45) is 0 Å². The third-order valence-corrected chi connectivity index (χ3v) is 5.09. The second-order valence-corrected chi connectivity index (χ2v) is 7.83. The number of carbonyl (C=O) groups excluding carboxylic acids is 2. The van der Waals surface area contributed by atoms with Crippen LogP contribution in [0.25, 0.3) is 0 Å². The number of nitrogens with one attached hydrogen (secondary N) is 3. The standard InChI is InChI=1S/C15H11ClF3NO.C10H9N5O/c1-9-7-12(5-6-13(9)16)20-14(21)10-3-2-4-11(8-10)15(17,18)19;16-7-14-9-5-12-10(13-6-9)15-8-2-1-3-11-4-8/h2-8H,1H3,(H,20,21);1-7H,(H,14,16)(H,12,13,15). The predicted octanol–water partition coefficient (Wildman–Crippen LogP) is 6.10. The predicted molar refractivity (Wildman–Crippen MR) is 135 cm³/mol. The second kappa shape index (κ2) is 12.5. The summed E-state index contributed by atoms with van der Waals surface area (Å²) in [6.45, 7) is 1.77. The third-order valence-electron chi connectivity index (χ3n) is 4.66. The van der Waals surface area contributed by atoms with Gasteiger partial charge >= 0.3 is 6.18 Å². The van der Waals surface area contributed by atoms with Crippen LogP contribution in [0.3, 0.4) is 0 Å². The van der Waals surface area contributed by atoms with Gasteiger partial charge in [0, 0.05) is 22.5 Å². The van der Waals surface area contributed by atoms with Crippen LogP contribution in [0.2, 0.25) is 5.02 Å². The summed E-state index contributed by atoms with van der Waals surface area (Å²) in [7, 11) is 0. The number of alkyl halides is 3. The highest BCUT2D eigenvalue weighted by Gasteiger charge is 2.30. The van der Waals surface area contributed by atoms with Gasteiger partial charge in [0.2, 0.25) is 12.4 Å². The van der Waals surface area contributed by atoms with Gasteiger partial charge in [-0.25, -0.2) is 9.97 Å². The molecule has 0 saturated carbocycles. The summed E-state index contributed by atoms with van der Waals surface area (Å²) in [5.41, 5.74) is 1.67. The molecular weight excluding hydrogens is 509 g/mol. The Labute approximate surface area is 214 Å². The van der Waals surface area contributed by atoms with Gasteiger partial charge in [-0.2, -0.15) is 13.2 Å². The lowest BCUT2D eigenvalue weighted by atomic mass is 10.1. The van der Waals surface area contributed by atoms with Crippen LogP contribution in [0.4, 0.5) is 36.2 Å². The molecule has 2 amide bonds. The molecule has 4 aromatic rings. The first-order valence-electron chi connectivity index (χ1n) is 10.6. The molecule has 0 spiro atoms. The number of rotatable bonds is 6. The maximum atomic E-state index is 12.6. The molecule has 0 unspecified atom stereocenters. The van der Waals surface area contributed by atoms with E-state index in [1.165, 1.54) is 24.5 Å². The molecule has 0 aliphatic carbocycles. The molecule has 0 aliphatic heterocycles. The minimum Gasteiger partial charge on any atom is -0.326 e. The van der Waals surface area contributed by atoms with Crippen molar-refractivity contribution in [2.75, 3.05) is 16.0 Å². The lowest BCUT2D eigenvalue weighted by molar-refractivity contribution is -0.137. The lowest BCUT2D eigenvalue weighted by Gasteiger charge is -2.10. The number of amides is 2. The Kier molecular flexibility index (Phi) is 9.11. The number of aryl methyl sites for hydroxylation is 1. The summed E-state index contributed by atoms with van der Waals surface area (Å²) in [6, 6.07) is 12.8. The first kappa shape index (κ1) is 27.1. The van der Waals surface area contributed by atoms with E-state index in [4.69, 9.17) is 11.6 Å². The highest BCUT2D eigenvalue weighted by atomic mass is 35.5. The van der Waals surface area contributed by atoms with Crippen molar-refractivity contribution in [3.05, 3.63) is 101 Å². The molecule has 8 nitrogen and oxygen atoms in total. The maximum absolute atomic E-state index is 12.6. The van der Waals surface area contributed by atoms with E-state index in [2.05, 4.69) is 30.9 Å². The molecular formula is C25H20ClF3N6O2. The topological polar surface area (TPSA) is 109 Å². The number of aromatic nitrogens is 3. The fraction of sp³-hybridized carbons (Fsp3) is 0.0800. The van der Waals surface area contributed by atoms with Crippen LogP contribution in [-0.4, -0.2) is 27.3 Å². The van der Waals surface area contributed by atoms with Crippen molar-refractivity contribution in [1.82, 2.24) is 15.0 Å². The Morgan fingerprint density at radius 1 is 0.946 bits per heavy atom. The summed E-state index contributed by atoms with van der Waals surface area (Å²) in [4.78, 5) is 34.1. The average Bonchev–Trinajstić information content (AvgIpc) is 2.88. The van der Waals surface area contributed by atoms with Gasteiger partial charge in [0.05, 0.1) is 35.5 Å². The number of halogens is 4. The van der Waals surface area contributed by atoms with E-state index in [0.717, 1.165) is 23.4 Å². The Balaban J connectivity index is 0.000000213. The number of benzene rings is 2. The average molecular weight is 529 g/mol. The van der Waals surface area contributed by atoms with Crippen LogP contribution < -0.4 is 16.0 Å². The Hall–Kier alpha value is -4.51. The van der Waals surface area contributed by atoms with Gasteiger partial charge in [0.15, 0.2) is 0 Å². The number of pyridine rings is 1. The lowest BCUT2D eigenvalue weighted by Crippen LogP contribution is -2.14. The van der Waals surface area contributed by atoms with Gasteiger partial charge in [-0.15, -0.1) is 0 Å². The van der Waals surface area contributed by atoms with Crippen molar-refractivity contribution >= 4 is 46.9 Å². The smallest absolute Gasteiger partial charge is 0.326 e. The van der Waals surface area contributed by atoms with Gasteiger partial charge in [0.25, 0.3) is 5.91 Å². The van der Waals surface area contributed by atoms with E-state index >= 15 is 0 Å². The first-order valence-corrected chi connectivity index (χ1v) is 11.0. The molecule has 37 heavy (non-hydrogen) atoms. The van der Waals surface area contributed by atoms with Crippen molar-refractivity contribution in [3.8, 4) is 0 Å². The SMILES string of the molecule is Cc1cc(NC(=O)c2cccc(C(F)(F)F)c2)ccc1Cl.O=CNc1cnc(Nc2cccnc2)nc1. The van der Waals surface area contributed by atoms with Crippen molar-refractivity contribution in [1.29, 1.82) is 0 Å². The number of hydrogen-bond acceptors (Lipinski definition) is 6. The molecule has 0 radical (unpaired) electrons. The fourth-order valence-electron chi connectivity index (χ4n) is 2.86. The van der Waals surface area contributed by atoms with Crippen molar-refractivity contribution < 1.29 is 22.8 Å². The number of hydrogen-bond donors (Lipinski definition) is 3. The van der Waals surface area contributed by atoms with Gasteiger partial charge in [0.1, 0.15) is 0 Å². The van der Waals surface area contributed by atoms with Gasteiger partial charge in [-0.05, 0) is 61.0 Å². The molecule has 0 atom stereocenters. The largest absolute Gasteiger partial charge is 0.416 e. The molecule has 190 valence electrons. The molecule has 0 fully saturated rings.